The molecule has 0 saturated heterocycles. The molecular weight excluding hydrogens is 290 g/mol. The average Bonchev–Trinajstić information content (AvgIpc) is 2.78. The van der Waals surface area contributed by atoms with Crippen molar-refractivity contribution in [3.63, 3.8) is 0 Å². The highest BCUT2D eigenvalue weighted by molar-refractivity contribution is 6.30. The molecule has 0 saturated carbocycles. The number of aromatic carboxylic acids is 1. The topological polar surface area (TPSA) is 53.7 Å². The van der Waals surface area contributed by atoms with Crippen LogP contribution < -0.4 is 0 Å². The summed E-state index contributed by atoms with van der Waals surface area (Å²) in [6.07, 6.45) is 0. The number of nitrogens with zero attached hydrogens (tertiary/aromatic N) is 1. The summed E-state index contributed by atoms with van der Waals surface area (Å²) >= 11 is 6.01. The van der Waals surface area contributed by atoms with Crippen LogP contribution in [0, 0.1) is 6.92 Å². The first kappa shape index (κ1) is 15.6. The fraction of sp³-hybridized carbons (Fsp3) is 0.312. The summed E-state index contributed by atoms with van der Waals surface area (Å²) in [5.41, 5.74) is 1.32. The van der Waals surface area contributed by atoms with E-state index >= 15 is 0 Å². The smallest absolute Gasteiger partial charge is 0.339 e. The van der Waals surface area contributed by atoms with E-state index in [1.165, 1.54) is 0 Å². The number of furan rings is 1. The molecule has 0 aliphatic heterocycles. The van der Waals surface area contributed by atoms with Crippen molar-refractivity contribution in [2.75, 3.05) is 7.05 Å². The van der Waals surface area contributed by atoms with Gasteiger partial charge in [0.1, 0.15) is 17.1 Å². The number of rotatable bonds is 5. The van der Waals surface area contributed by atoms with E-state index in [9.17, 15) is 4.79 Å². The molecule has 21 heavy (non-hydrogen) atoms. The monoisotopic (exact) mass is 307 g/mol. The van der Waals surface area contributed by atoms with Gasteiger partial charge in [0.15, 0.2) is 0 Å². The van der Waals surface area contributed by atoms with Crippen LogP contribution >= 0.6 is 11.6 Å². The lowest BCUT2D eigenvalue weighted by molar-refractivity contribution is 0.0695. The van der Waals surface area contributed by atoms with Crippen molar-refractivity contribution >= 4 is 17.6 Å². The van der Waals surface area contributed by atoms with Gasteiger partial charge < -0.3 is 9.52 Å². The van der Waals surface area contributed by atoms with E-state index < -0.39 is 5.97 Å². The van der Waals surface area contributed by atoms with Gasteiger partial charge in [0.25, 0.3) is 0 Å². The Labute approximate surface area is 128 Å². The minimum Gasteiger partial charge on any atom is -0.478 e. The molecule has 0 aliphatic rings. The maximum Gasteiger partial charge on any atom is 0.339 e. The molecule has 1 aromatic carbocycles. The number of halogens is 1. The minimum absolute atomic E-state index is 0.141. The van der Waals surface area contributed by atoms with Gasteiger partial charge in [0, 0.05) is 11.1 Å². The predicted molar refractivity (Wildman–Crippen MR) is 81.7 cm³/mol. The largest absolute Gasteiger partial charge is 0.478 e. The predicted octanol–water partition coefficient (Wildman–Crippen LogP) is 4.13. The van der Waals surface area contributed by atoms with Crippen LogP contribution in [0.15, 0.2) is 34.7 Å². The zero-order chi connectivity index (χ0) is 15.6. The summed E-state index contributed by atoms with van der Waals surface area (Å²) < 4.78 is 5.51. The standard InChI is InChI=1S/C16H18ClNO3/c1-10(12-5-4-6-13(17)7-12)18(3)9-14-8-15(16(19)20)11(2)21-14/h4-8,10H,9H2,1-3H3,(H,19,20). The average molecular weight is 308 g/mol. The Kier molecular flexibility index (Phi) is 4.70. The Morgan fingerprint density at radius 1 is 1.43 bits per heavy atom. The van der Waals surface area contributed by atoms with Crippen molar-refractivity contribution in [1.29, 1.82) is 0 Å². The maximum absolute atomic E-state index is 11.0. The SMILES string of the molecule is Cc1oc(CN(C)C(C)c2cccc(Cl)c2)cc1C(=O)O. The van der Waals surface area contributed by atoms with Crippen LogP contribution in [0.3, 0.4) is 0 Å². The van der Waals surface area contributed by atoms with Gasteiger partial charge in [-0.3, -0.25) is 4.90 Å². The highest BCUT2D eigenvalue weighted by Gasteiger charge is 2.17. The molecule has 112 valence electrons. The highest BCUT2D eigenvalue weighted by atomic mass is 35.5. The minimum atomic E-state index is -0.965. The first-order valence-corrected chi connectivity index (χ1v) is 7.04. The molecule has 1 N–H and O–H groups in total. The summed E-state index contributed by atoms with van der Waals surface area (Å²) in [5, 5.41) is 9.75. The summed E-state index contributed by atoms with van der Waals surface area (Å²) in [4.78, 5) is 13.1. The number of carboxylic acid groups (broad SMARTS) is 1. The van der Waals surface area contributed by atoms with Crippen LogP contribution in [0.4, 0.5) is 0 Å². The molecule has 0 spiro atoms. The lowest BCUT2D eigenvalue weighted by Crippen LogP contribution is -2.21. The molecular formula is C16H18ClNO3. The van der Waals surface area contributed by atoms with E-state index in [1.54, 1.807) is 13.0 Å². The van der Waals surface area contributed by atoms with E-state index in [2.05, 4.69) is 11.8 Å². The molecule has 5 heteroatoms. The van der Waals surface area contributed by atoms with Gasteiger partial charge in [-0.05, 0) is 44.7 Å². The quantitative estimate of drug-likeness (QED) is 0.902. The van der Waals surface area contributed by atoms with Gasteiger partial charge in [-0.1, -0.05) is 23.7 Å². The normalized spacial score (nSPS) is 12.6. The van der Waals surface area contributed by atoms with E-state index in [0.29, 0.717) is 23.1 Å². The Morgan fingerprint density at radius 2 is 2.14 bits per heavy atom. The van der Waals surface area contributed by atoms with Crippen LogP contribution in [0.5, 0.6) is 0 Å². The second-order valence-corrected chi connectivity index (χ2v) is 5.57. The van der Waals surface area contributed by atoms with Crippen LogP contribution in [-0.2, 0) is 6.54 Å². The van der Waals surface area contributed by atoms with E-state index in [4.69, 9.17) is 21.1 Å². The molecule has 0 radical (unpaired) electrons. The van der Waals surface area contributed by atoms with Gasteiger partial charge in [-0.25, -0.2) is 4.79 Å². The number of aryl methyl sites for hydroxylation is 1. The summed E-state index contributed by atoms with van der Waals surface area (Å²) in [6, 6.07) is 9.43. The molecule has 4 nitrogen and oxygen atoms in total. The molecule has 0 bridgehead atoms. The van der Waals surface area contributed by atoms with Crippen molar-refractivity contribution in [3.8, 4) is 0 Å². The van der Waals surface area contributed by atoms with Crippen molar-refractivity contribution in [3.05, 3.63) is 58.0 Å². The third-order valence-corrected chi connectivity index (χ3v) is 3.83. The molecule has 1 unspecified atom stereocenters. The van der Waals surface area contributed by atoms with E-state index in [-0.39, 0.29) is 11.6 Å². The number of hydrogen-bond donors (Lipinski definition) is 1. The lowest BCUT2D eigenvalue weighted by atomic mass is 10.1. The molecule has 0 fully saturated rings. The van der Waals surface area contributed by atoms with Crippen LogP contribution in [0.2, 0.25) is 5.02 Å². The number of hydrogen-bond acceptors (Lipinski definition) is 3. The molecule has 1 aromatic heterocycles. The molecule has 0 amide bonds. The third kappa shape index (κ3) is 3.65. The van der Waals surface area contributed by atoms with Gasteiger partial charge in [-0.2, -0.15) is 0 Å². The molecule has 1 heterocycles. The maximum atomic E-state index is 11.0. The van der Waals surface area contributed by atoms with Crippen molar-refractivity contribution in [2.45, 2.75) is 26.4 Å². The summed E-state index contributed by atoms with van der Waals surface area (Å²) in [6.45, 7) is 4.26. The van der Waals surface area contributed by atoms with Crippen LogP contribution in [0.25, 0.3) is 0 Å². The van der Waals surface area contributed by atoms with E-state index in [0.717, 1.165) is 5.56 Å². The number of carboxylic acids is 1. The van der Waals surface area contributed by atoms with Gasteiger partial charge >= 0.3 is 5.97 Å². The molecule has 2 rings (SSSR count). The number of benzene rings is 1. The molecule has 2 aromatic rings. The Hall–Kier alpha value is -1.78. The lowest BCUT2D eigenvalue weighted by Gasteiger charge is -2.24. The first-order chi connectivity index (χ1) is 9.88. The fourth-order valence-electron chi connectivity index (χ4n) is 2.24. The van der Waals surface area contributed by atoms with Gasteiger partial charge in [0.2, 0.25) is 0 Å². The Bertz CT molecular complexity index is 651. The second-order valence-electron chi connectivity index (χ2n) is 5.13. The zero-order valence-corrected chi connectivity index (χ0v) is 13.0. The summed E-state index contributed by atoms with van der Waals surface area (Å²) in [5.74, 6) is 0.107. The highest BCUT2D eigenvalue weighted by Crippen LogP contribution is 2.24. The fourth-order valence-corrected chi connectivity index (χ4v) is 2.44. The van der Waals surface area contributed by atoms with Crippen LogP contribution in [-0.4, -0.2) is 23.0 Å². The first-order valence-electron chi connectivity index (χ1n) is 6.66. The van der Waals surface area contributed by atoms with Crippen LogP contribution in [0.1, 0.15) is 40.4 Å². The van der Waals surface area contributed by atoms with Crippen molar-refractivity contribution in [1.82, 2.24) is 4.90 Å². The Balaban J connectivity index is 2.12. The Morgan fingerprint density at radius 3 is 2.71 bits per heavy atom. The second kappa shape index (κ2) is 6.33. The van der Waals surface area contributed by atoms with E-state index in [1.807, 2.05) is 31.3 Å². The molecule has 1 atom stereocenters. The zero-order valence-electron chi connectivity index (χ0n) is 12.3. The van der Waals surface area contributed by atoms with Crippen molar-refractivity contribution in [2.24, 2.45) is 0 Å². The molecule has 0 aliphatic carbocycles. The number of carbonyl (C=O) groups is 1. The third-order valence-electron chi connectivity index (χ3n) is 3.60. The summed E-state index contributed by atoms with van der Waals surface area (Å²) in [7, 11) is 1.96. The van der Waals surface area contributed by atoms with Crippen molar-refractivity contribution < 1.29 is 14.3 Å². The van der Waals surface area contributed by atoms with Gasteiger partial charge in [-0.15, -0.1) is 0 Å². The van der Waals surface area contributed by atoms with Gasteiger partial charge in [0.05, 0.1) is 6.54 Å².